The molecule has 1 fully saturated rings. The third-order valence-electron chi connectivity index (χ3n) is 3.74. The second-order valence-corrected chi connectivity index (χ2v) is 5.07. The lowest BCUT2D eigenvalue weighted by Crippen LogP contribution is -2.52. The first-order valence-corrected chi connectivity index (χ1v) is 6.58. The van der Waals surface area contributed by atoms with Crippen molar-refractivity contribution in [3.63, 3.8) is 0 Å². The minimum Gasteiger partial charge on any atom is -0.394 e. The van der Waals surface area contributed by atoms with Gasteiger partial charge >= 0.3 is 0 Å². The average Bonchev–Trinajstić information content (AvgIpc) is 2.47. The van der Waals surface area contributed by atoms with Crippen LogP contribution in [0.1, 0.15) is 28.8 Å². The molecule has 20 heavy (non-hydrogen) atoms. The standard InChI is InChI=1S/C14H19FN2O3/c15-12-2-1-10(13(16)19)7-11(12)8-17-14(9-18)3-5-20-6-4-14/h1-2,7,17-18H,3-6,8-9H2,(H2,16,19). The van der Waals surface area contributed by atoms with Gasteiger partial charge in [-0.05, 0) is 31.0 Å². The van der Waals surface area contributed by atoms with E-state index in [-0.39, 0.29) is 18.7 Å². The Balaban J connectivity index is 2.09. The summed E-state index contributed by atoms with van der Waals surface area (Å²) in [5.74, 6) is -0.989. The van der Waals surface area contributed by atoms with Gasteiger partial charge in [0.05, 0.1) is 6.61 Å². The SMILES string of the molecule is NC(=O)c1ccc(F)c(CNC2(CO)CCOCC2)c1. The van der Waals surface area contributed by atoms with E-state index in [1.54, 1.807) is 0 Å². The minimum atomic E-state index is -0.589. The molecule has 0 saturated carbocycles. The first-order chi connectivity index (χ1) is 9.56. The lowest BCUT2D eigenvalue weighted by Gasteiger charge is -2.36. The summed E-state index contributed by atoms with van der Waals surface area (Å²) < 4.78 is 19.0. The monoisotopic (exact) mass is 282 g/mol. The summed E-state index contributed by atoms with van der Waals surface area (Å²) in [5.41, 5.74) is 5.37. The maximum Gasteiger partial charge on any atom is 0.248 e. The van der Waals surface area contributed by atoms with Crippen LogP contribution in [0.15, 0.2) is 18.2 Å². The van der Waals surface area contributed by atoms with E-state index in [4.69, 9.17) is 10.5 Å². The van der Waals surface area contributed by atoms with Gasteiger partial charge in [0.1, 0.15) is 5.82 Å². The molecule has 1 amide bonds. The molecule has 5 nitrogen and oxygen atoms in total. The van der Waals surface area contributed by atoms with E-state index in [1.165, 1.54) is 18.2 Å². The summed E-state index contributed by atoms with van der Waals surface area (Å²) in [7, 11) is 0. The van der Waals surface area contributed by atoms with Crippen LogP contribution in [0.5, 0.6) is 0 Å². The summed E-state index contributed by atoms with van der Waals surface area (Å²) in [6.07, 6.45) is 1.33. The fraction of sp³-hybridized carbons (Fsp3) is 0.500. The van der Waals surface area contributed by atoms with Crippen molar-refractivity contribution in [2.24, 2.45) is 5.73 Å². The van der Waals surface area contributed by atoms with Gasteiger partial charge in [-0.1, -0.05) is 0 Å². The number of rotatable bonds is 5. The largest absolute Gasteiger partial charge is 0.394 e. The zero-order chi connectivity index (χ0) is 14.6. The number of primary amides is 1. The Hall–Kier alpha value is -1.50. The van der Waals surface area contributed by atoms with Crippen LogP contribution in [0.25, 0.3) is 0 Å². The first-order valence-electron chi connectivity index (χ1n) is 6.58. The zero-order valence-electron chi connectivity index (χ0n) is 11.2. The molecule has 0 unspecified atom stereocenters. The Kier molecular flexibility index (Phi) is 4.69. The summed E-state index contributed by atoms with van der Waals surface area (Å²) in [5, 5.41) is 12.7. The Bertz CT molecular complexity index is 487. The first kappa shape index (κ1) is 14.9. The molecule has 0 bridgehead atoms. The Morgan fingerprint density at radius 3 is 2.75 bits per heavy atom. The van der Waals surface area contributed by atoms with E-state index >= 15 is 0 Å². The lowest BCUT2D eigenvalue weighted by atomic mass is 9.90. The molecule has 0 spiro atoms. The van der Waals surface area contributed by atoms with Crippen LogP contribution in [0.4, 0.5) is 4.39 Å². The van der Waals surface area contributed by atoms with Gasteiger partial charge in [0.25, 0.3) is 0 Å². The van der Waals surface area contributed by atoms with Crippen molar-refractivity contribution in [2.45, 2.75) is 24.9 Å². The van der Waals surface area contributed by atoms with E-state index in [1.807, 2.05) is 0 Å². The third kappa shape index (κ3) is 3.33. The quantitative estimate of drug-likeness (QED) is 0.736. The summed E-state index contributed by atoms with van der Waals surface area (Å²) in [4.78, 5) is 11.1. The number of aliphatic hydroxyl groups excluding tert-OH is 1. The van der Waals surface area contributed by atoms with Crippen LogP contribution in [0, 0.1) is 5.82 Å². The van der Waals surface area contributed by atoms with Gasteiger partial charge in [0.2, 0.25) is 5.91 Å². The van der Waals surface area contributed by atoms with E-state index in [0.717, 1.165) is 0 Å². The molecule has 2 rings (SSSR count). The molecule has 110 valence electrons. The molecule has 1 aromatic rings. The molecule has 1 saturated heterocycles. The third-order valence-corrected chi connectivity index (χ3v) is 3.74. The predicted molar refractivity (Wildman–Crippen MR) is 71.6 cm³/mol. The molecule has 0 aromatic heterocycles. The van der Waals surface area contributed by atoms with E-state index in [0.29, 0.717) is 31.6 Å². The fourth-order valence-electron chi connectivity index (χ4n) is 2.30. The van der Waals surface area contributed by atoms with Gasteiger partial charge in [-0.25, -0.2) is 4.39 Å². The van der Waals surface area contributed by atoms with Gasteiger partial charge < -0.3 is 20.9 Å². The summed E-state index contributed by atoms with van der Waals surface area (Å²) >= 11 is 0. The van der Waals surface area contributed by atoms with Crippen molar-refractivity contribution in [1.82, 2.24) is 5.32 Å². The van der Waals surface area contributed by atoms with Gasteiger partial charge in [0.15, 0.2) is 0 Å². The van der Waals surface area contributed by atoms with Crippen molar-refractivity contribution in [2.75, 3.05) is 19.8 Å². The van der Waals surface area contributed by atoms with Crippen molar-refractivity contribution in [3.8, 4) is 0 Å². The second kappa shape index (κ2) is 6.30. The molecule has 1 heterocycles. The van der Waals surface area contributed by atoms with Crippen molar-refractivity contribution in [1.29, 1.82) is 0 Å². The normalized spacial score (nSPS) is 17.9. The molecule has 6 heteroatoms. The number of ether oxygens (including phenoxy) is 1. The number of carbonyl (C=O) groups is 1. The van der Waals surface area contributed by atoms with Crippen LogP contribution >= 0.6 is 0 Å². The van der Waals surface area contributed by atoms with Gasteiger partial charge in [-0.2, -0.15) is 0 Å². The number of hydrogen-bond donors (Lipinski definition) is 3. The highest BCUT2D eigenvalue weighted by molar-refractivity contribution is 5.92. The van der Waals surface area contributed by atoms with E-state index < -0.39 is 17.3 Å². The highest BCUT2D eigenvalue weighted by Gasteiger charge is 2.31. The maximum absolute atomic E-state index is 13.7. The van der Waals surface area contributed by atoms with Crippen LogP contribution < -0.4 is 11.1 Å². The van der Waals surface area contributed by atoms with Crippen molar-refractivity contribution < 1.29 is 19.0 Å². The molecular weight excluding hydrogens is 263 g/mol. The van der Waals surface area contributed by atoms with Crippen LogP contribution in [0.3, 0.4) is 0 Å². The molecule has 1 aromatic carbocycles. The molecule has 0 atom stereocenters. The maximum atomic E-state index is 13.7. The topological polar surface area (TPSA) is 84.6 Å². The summed E-state index contributed by atoms with van der Waals surface area (Å²) in [6.45, 7) is 1.33. The number of halogens is 1. The van der Waals surface area contributed by atoms with Gasteiger partial charge in [0, 0.05) is 36.4 Å². The molecule has 0 radical (unpaired) electrons. The number of aliphatic hydroxyl groups is 1. The van der Waals surface area contributed by atoms with Crippen molar-refractivity contribution >= 4 is 5.91 Å². The number of hydrogen-bond acceptors (Lipinski definition) is 4. The van der Waals surface area contributed by atoms with Crippen LogP contribution in [0.2, 0.25) is 0 Å². The number of nitrogens with one attached hydrogen (secondary N) is 1. The number of amides is 1. The van der Waals surface area contributed by atoms with Crippen LogP contribution in [-0.4, -0.2) is 36.4 Å². The zero-order valence-corrected chi connectivity index (χ0v) is 11.2. The molecule has 0 aliphatic carbocycles. The predicted octanol–water partition coefficient (Wildman–Crippen LogP) is 0.556. The fourth-order valence-corrected chi connectivity index (χ4v) is 2.30. The molecular formula is C14H19FN2O3. The second-order valence-electron chi connectivity index (χ2n) is 5.07. The number of nitrogens with two attached hydrogens (primary N) is 1. The Labute approximate surface area is 116 Å². The highest BCUT2D eigenvalue weighted by Crippen LogP contribution is 2.21. The highest BCUT2D eigenvalue weighted by atomic mass is 19.1. The Morgan fingerprint density at radius 1 is 1.45 bits per heavy atom. The average molecular weight is 282 g/mol. The number of carbonyl (C=O) groups excluding carboxylic acids is 1. The number of benzene rings is 1. The smallest absolute Gasteiger partial charge is 0.248 e. The molecule has 4 N–H and O–H groups in total. The molecule has 1 aliphatic rings. The van der Waals surface area contributed by atoms with E-state index in [9.17, 15) is 14.3 Å². The minimum absolute atomic E-state index is 0.0342. The Morgan fingerprint density at radius 2 is 2.15 bits per heavy atom. The van der Waals surface area contributed by atoms with Crippen molar-refractivity contribution in [3.05, 3.63) is 35.1 Å². The lowest BCUT2D eigenvalue weighted by molar-refractivity contribution is 0.0110. The summed E-state index contributed by atoms with van der Waals surface area (Å²) in [6, 6.07) is 4.03. The van der Waals surface area contributed by atoms with Gasteiger partial charge in [-0.15, -0.1) is 0 Å². The van der Waals surface area contributed by atoms with Crippen LogP contribution in [-0.2, 0) is 11.3 Å². The molecule has 1 aliphatic heterocycles. The van der Waals surface area contributed by atoms with Gasteiger partial charge in [-0.3, -0.25) is 4.79 Å². The van der Waals surface area contributed by atoms with E-state index in [2.05, 4.69) is 5.32 Å².